The first-order valence-electron chi connectivity index (χ1n) is 8.57. The molecule has 0 atom stereocenters. The molecule has 3 aromatic rings. The molecule has 0 saturated carbocycles. The van der Waals surface area contributed by atoms with Crippen LogP contribution in [0, 0.1) is 0 Å². The molecule has 1 fully saturated rings. The number of para-hydroxylation sites is 1. The van der Waals surface area contributed by atoms with Gasteiger partial charge in [0.2, 0.25) is 0 Å². The molecule has 1 N–H and O–H groups in total. The van der Waals surface area contributed by atoms with Gasteiger partial charge in [0.05, 0.1) is 30.5 Å². The molecular formula is C19H23N4S+. The van der Waals surface area contributed by atoms with E-state index in [2.05, 4.69) is 60.8 Å². The number of anilines is 1. The average molecular weight is 339 g/mol. The van der Waals surface area contributed by atoms with E-state index in [0.717, 1.165) is 27.4 Å². The van der Waals surface area contributed by atoms with Gasteiger partial charge in [-0.1, -0.05) is 18.2 Å². The Kier molecular flexibility index (Phi) is 4.21. The molecule has 4 nitrogen and oxygen atoms in total. The molecule has 0 bridgehead atoms. The maximum atomic E-state index is 4.96. The molecule has 2 aromatic heterocycles. The number of hydrogen-bond donors (Lipinski definition) is 1. The first kappa shape index (κ1) is 15.5. The summed E-state index contributed by atoms with van der Waals surface area (Å²) in [5.74, 6) is 1.90. The van der Waals surface area contributed by atoms with Gasteiger partial charge in [0, 0.05) is 31.3 Å². The minimum Gasteiger partial charge on any atom is -0.356 e. The van der Waals surface area contributed by atoms with Crippen LogP contribution in [0.1, 0.15) is 12.8 Å². The molecule has 0 unspecified atom stereocenters. The second kappa shape index (κ2) is 6.49. The van der Waals surface area contributed by atoms with E-state index in [1.54, 1.807) is 16.2 Å². The first-order valence-corrected chi connectivity index (χ1v) is 9.45. The van der Waals surface area contributed by atoms with Crippen LogP contribution in [0.25, 0.3) is 21.6 Å². The summed E-state index contributed by atoms with van der Waals surface area (Å²) in [5, 5.41) is 3.23. The van der Waals surface area contributed by atoms with Gasteiger partial charge in [-0.2, -0.15) is 0 Å². The smallest absolute Gasteiger partial charge is 0.172 e. The van der Waals surface area contributed by atoms with Gasteiger partial charge < -0.3 is 9.80 Å². The number of likely N-dealkylation sites (tertiary alicyclic amines) is 1. The molecular weight excluding hydrogens is 316 g/mol. The van der Waals surface area contributed by atoms with Gasteiger partial charge >= 0.3 is 0 Å². The van der Waals surface area contributed by atoms with Crippen molar-refractivity contribution < 1.29 is 4.90 Å². The number of nitrogens with zero attached hydrogens (tertiary/aromatic N) is 3. The lowest BCUT2D eigenvalue weighted by Crippen LogP contribution is -3.10. The quantitative estimate of drug-likeness (QED) is 0.796. The Labute approximate surface area is 146 Å². The Morgan fingerprint density at radius 1 is 1.08 bits per heavy atom. The summed E-state index contributed by atoms with van der Waals surface area (Å²) in [7, 11) is 4.48. The number of aromatic nitrogens is 2. The van der Waals surface area contributed by atoms with Crippen LogP contribution in [-0.2, 0) is 0 Å². The summed E-state index contributed by atoms with van der Waals surface area (Å²) in [6, 6.07) is 13.1. The molecule has 1 aliphatic rings. The van der Waals surface area contributed by atoms with Crippen molar-refractivity contribution in [3.05, 3.63) is 41.8 Å². The van der Waals surface area contributed by atoms with Crippen LogP contribution in [-0.4, -0.2) is 43.2 Å². The predicted octanol–water partition coefficient (Wildman–Crippen LogP) is 2.47. The normalized spacial score (nSPS) is 21.1. The van der Waals surface area contributed by atoms with Crippen LogP contribution < -0.4 is 9.80 Å². The number of fused-ring (bicyclic) bond motifs is 1. The SMILES string of the molecule is CN(c1nc(-c2cccs2)nc2ccccc12)C1CC[NH+](C)CC1. The largest absolute Gasteiger partial charge is 0.356 e. The zero-order chi connectivity index (χ0) is 16.5. The van der Waals surface area contributed by atoms with Crippen LogP contribution in [0.5, 0.6) is 0 Å². The fourth-order valence-electron chi connectivity index (χ4n) is 3.50. The van der Waals surface area contributed by atoms with Crippen molar-refractivity contribution in [3.63, 3.8) is 0 Å². The summed E-state index contributed by atoms with van der Waals surface area (Å²) >= 11 is 1.69. The minimum absolute atomic E-state index is 0.559. The summed E-state index contributed by atoms with van der Waals surface area (Å²) in [4.78, 5) is 14.9. The summed E-state index contributed by atoms with van der Waals surface area (Å²) in [5.41, 5.74) is 1.02. The van der Waals surface area contributed by atoms with Gasteiger partial charge in [-0.25, -0.2) is 9.97 Å². The highest BCUT2D eigenvalue weighted by Crippen LogP contribution is 2.30. The third-order valence-corrected chi connectivity index (χ3v) is 5.88. The molecule has 0 spiro atoms. The highest BCUT2D eigenvalue weighted by Gasteiger charge is 2.25. The first-order chi connectivity index (χ1) is 11.7. The van der Waals surface area contributed by atoms with E-state index in [1.165, 1.54) is 25.9 Å². The lowest BCUT2D eigenvalue weighted by molar-refractivity contribution is -0.884. The fourth-order valence-corrected chi connectivity index (χ4v) is 4.16. The van der Waals surface area contributed by atoms with Crippen molar-refractivity contribution >= 4 is 28.1 Å². The third kappa shape index (κ3) is 2.89. The van der Waals surface area contributed by atoms with E-state index in [9.17, 15) is 0 Å². The Bertz CT molecular complexity index is 823. The zero-order valence-electron chi connectivity index (χ0n) is 14.2. The topological polar surface area (TPSA) is 33.5 Å². The number of nitrogens with one attached hydrogen (secondary N) is 1. The summed E-state index contributed by atoms with van der Waals surface area (Å²) in [6.45, 7) is 2.46. The molecule has 0 amide bonds. The molecule has 1 aromatic carbocycles. The number of piperidine rings is 1. The molecule has 24 heavy (non-hydrogen) atoms. The van der Waals surface area contributed by atoms with Gasteiger partial charge in [-0.15, -0.1) is 11.3 Å². The number of benzene rings is 1. The molecule has 124 valence electrons. The molecule has 4 rings (SSSR count). The van der Waals surface area contributed by atoms with Crippen LogP contribution >= 0.6 is 11.3 Å². The lowest BCUT2D eigenvalue weighted by atomic mass is 10.0. The van der Waals surface area contributed by atoms with Gasteiger partial charge in [-0.3, -0.25) is 0 Å². The fraction of sp³-hybridized carbons (Fsp3) is 0.368. The van der Waals surface area contributed by atoms with Crippen LogP contribution in [0.2, 0.25) is 0 Å². The van der Waals surface area contributed by atoms with Crippen molar-refractivity contribution in [3.8, 4) is 10.7 Å². The Balaban J connectivity index is 1.78. The van der Waals surface area contributed by atoms with Crippen molar-refractivity contribution in [2.24, 2.45) is 0 Å². The Hall–Kier alpha value is -1.98. The average Bonchev–Trinajstić information content (AvgIpc) is 3.15. The highest BCUT2D eigenvalue weighted by molar-refractivity contribution is 7.13. The minimum atomic E-state index is 0.559. The predicted molar refractivity (Wildman–Crippen MR) is 101 cm³/mol. The lowest BCUT2D eigenvalue weighted by Gasteiger charge is -2.34. The van der Waals surface area contributed by atoms with E-state index in [4.69, 9.17) is 9.97 Å². The number of rotatable bonds is 3. The number of thiophene rings is 1. The summed E-state index contributed by atoms with van der Waals surface area (Å²) < 4.78 is 0. The number of quaternary nitrogens is 1. The molecule has 1 aliphatic heterocycles. The Morgan fingerprint density at radius 3 is 2.62 bits per heavy atom. The van der Waals surface area contributed by atoms with Gasteiger partial charge in [0.25, 0.3) is 0 Å². The van der Waals surface area contributed by atoms with E-state index in [1.807, 2.05) is 0 Å². The molecule has 0 radical (unpaired) electrons. The molecule has 5 heteroatoms. The van der Waals surface area contributed by atoms with Crippen LogP contribution in [0.3, 0.4) is 0 Å². The zero-order valence-corrected chi connectivity index (χ0v) is 15.0. The van der Waals surface area contributed by atoms with E-state index in [0.29, 0.717) is 6.04 Å². The van der Waals surface area contributed by atoms with Gasteiger partial charge in [-0.05, 0) is 23.6 Å². The Morgan fingerprint density at radius 2 is 1.88 bits per heavy atom. The number of hydrogen-bond acceptors (Lipinski definition) is 4. The third-order valence-electron chi connectivity index (χ3n) is 5.02. The van der Waals surface area contributed by atoms with Gasteiger partial charge in [0.1, 0.15) is 5.82 Å². The molecule has 3 heterocycles. The monoisotopic (exact) mass is 339 g/mol. The second-order valence-corrected chi connectivity index (χ2v) is 7.61. The van der Waals surface area contributed by atoms with Crippen LogP contribution in [0.15, 0.2) is 41.8 Å². The second-order valence-electron chi connectivity index (χ2n) is 6.66. The molecule has 1 saturated heterocycles. The standard InChI is InChI=1S/C19H22N4S/c1-22-11-9-14(10-12-22)23(2)19-15-6-3-4-7-16(15)20-18(21-19)17-8-5-13-24-17/h3-8,13-14H,9-12H2,1-2H3/p+1. The van der Waals surface area contributed by atoms with E-state index in [-0.39, 0.29) is 0 Å². The van der Waals surface area contributed by atoms with Crippen molar-refractivity contribution in [1.29, 1.82) is 0 Å². The van der Waals surface area contributed by atoms with Crippen molar-refractivity contribution in [2.75, 3.05) is 32.1 Å². The van der Waals surface area contributed by atoms with E-state index >= 15 is 0 Å². The molecule has 0 aliphatic carbocycles. The van der Waals surface area contributed by atoms with E-state index < -0.39 is 0 Å². The summed E-state index contributed by atoms with van der Waals surface area (Å²) in [6.07, 6.45) is 2.43. The maximum absolute atomic E-state index is 4.96. The maximum Gasteiger partial charge on any atom is 0.172 e. The van der Waals surface area contributed by atoms with Gasteiger partial charge in [0.15, 0.2) is 5.82 Å². The van der Waals surface area contributed by atoms with Crippen LogP contribution in [0.4, 0.5) is 5.82 Å². The van der Waals surface area contributed by atoms with Crippen molar-refractivity contribution in [1.82, 2.24) is 9.97 Å². The van der Waals surface area contributed by atoms with Crippen molar-refractivity contribution in [2.45, 2.75) is 18.9 Å². The highest BCUT2D eigenvalue weighted by atomic mass is 32.1.